The summed E-state index contributed by atoms with van der Waals surface area (Å²) in [5.41, 5.74) is 1.96. The van der Waals surface area contributed by atoms with Gasteiger partial charge >= 0.3 is 6.03 Å². The zero-order valence-electron chi connectivity index (χ0n) is 13.5. The Kier molecular flexibility index (Phi) is 6.81. The number of nitrogens with one attached hydrogen (secondary N) is 2. The van der Waals surface area contributed by atoms with Crippen LogP contribution in [-0.2, 0) is 6.42 Å². The van der Waals surface area contributed by atoms with Gasteiger partial charge in [0, 0.05) is 17.1 Å². The van der Waals surface area contributed by atoms with Crippen molar-refractivity contribution in [3.63, 3.8) is 0 Å². The lowest BCUT2D eigenvalue weighted by molar-refractivity contribution is 0.252. The number of hydrogen-bond donors (Lipinski definition) is 2. The minimum Gasteiger partial charge on any atom is -0.494 e. The Morgan fingerprint density at radius 3 is 2.39 bits per heavy atom. The number of ether oxygens (including phenoxy) is 1. The number of hydrogen-bond acceptors (Lipinski definition) is 3. The molecule has 0 spiro atoms. The van der Waals surface area contributed by atoms with Crippen LogP contribution in [0, 0.1) is 0 Å². The van der Waals surface area contributed by atoms with E-state index in [-0.39, 0.29) is 6.03 Å². The first-order valence-corrected chi connectivity index (χ1v) is 8.84. The molecule has 0 radical (unpaired) electrons. The van der Waals surface area contributed by atoms with Crippen molar-refractivity contribution in [2.24, 2.45) is 0 Å². The molecule has 23 heavy (non-hydrogen) atoms. The predicted molar refractivity (Wildman–Crippen MR) is 96.6 cm³/mol. The first-order chi connectivity index (χ1) is 11.2. The molecular weight excluding hydrogens is 308 g/mol. The SMILES string of the molecule is CCOc1ccc(CCNC(=O)Nc2ccc(SC)cc2)cc1. The number of carbonyl (C=O) groups is 1. The van der Waals surface area contributed by atoms with Gasteiger partial charge in [0.25, 0.3) is 0 Å². The highest BCUT2D eigenvalue weighted by Crippen LogP contribution is 2.17. The standard InChI is InChI=1S/C18H22N2O2S/c1-3-22-16-8-4-14(5-9-16)12-13-19-18(21)20-15-6-10-17(23-2)11-7-15/h4-11H,3,12-13H2,1-2H3,(H2,19,20,21). The Bertz CT molecular complexity index is 612. The van der Waals surface area contributed by atoms with Crippen molar-refractivity contribution in [2.45, 2.75) is 18.2 Å². The lowest BCUT2D eigenvalue weighted by Crippen LogP contribution is -2.30. The third-order valence-corrected chi connectivity index (χ3v) is 4.03. The summed E-state index contributed by atoms with van der Waals surface area (Å²) < 4.78 is 5.41. The van der Waals surface area contributed by atoms with Crippen LogP contribution in [0.3, 0.4) is 0 Å². The van der Waals surface area contributed by atoms with Gasteiger partial charge in [-0.15, -0.1) is 11.8 Å². The van der Waals surface area contributed by atoms with Gasteiger partial charge in [-0.25, -0.2) is 4.79 Å². The van der Waals surface area contributed by atoms with Crippen LogP contribution in [0.15, 0.2) is 53.4 Å². The second kappa shape index (κ2) is 9.10. The van der Waals surface area contributed by atoms with Gasteiger partial charge in [0.05, 0.1) is 6.61 Å². The minimum absolute atomic E-state index is 0.187. The number of carbonyl (C=O) groups excluding carboxylic acids is 1. The molecule has 122 valence electrons. The summed E-state index contributed by atoms with van der Waals surface area (Å²) in [5, 5.41) is 5.69. The average molecular weight is 330 g/mol. The zero-order valence-corrected chi connectivity index (χ0v) is 14.3. The van der Waals surface area contributed by atoms with Crippen LogP contribution < -0.4 is 15.4 Å². The summed E-state index contributed by atoms with van der Waals surface area (Å²) in [6.45, 7) is 3.22. The summed E-state index contributed by atoms with van der Waals surface area (Å²) >= 11 is 1.67. The van der Waals surface area contributed by atoms with E-state index in [2.05, 4.69) is 10.6 Å². The highest BCUT2D eigenvalue weighted by atomic mass is 32.2. The van der Waals surface area contributed by atoms with E-state index in [0.717, 1.165) is 23.4 Å². The highest BCUT2D eigenvalue weighted by molar-refractivity contribution is 7.98. The second-order valence-electron chi connectivity index (χ2n) is 4.94. The van der Waals surface area contributed by atoms with Gasteiger partial charge in [-0.05, 0) is 61.6 Å². The Morgan fingerprint density at radius 1 is 1.09 bits per heavy atom. The van der Waals surface area contributed by atoms with Gasteiger partial charge in [0.2, 0.25) is 0 Å². The fraction of sp³-hybridized carbons (Fsp3) is 0.278. The largest absolute Gasteiger partial charge is 0.494 e. The molecule has 2 aromatic carbocycles. The Balaban J connectivity index is 1.73. The summed E-state index contributed by atoms with van der Waals surface area (Å²) in [6, 6.07) is 15.5. The van der Waals surface area contributed by atoms with Crippen LogP contribution in [0.1, 0.15) is 12.5 Å². The van der Waals surface area contributed by atoms with Crippen molar-refractivity contribution < 1.29 is 9.53 Å². The molecule has 0 saturated heterocycles. The lowest BCUT2D eigenvalue weighted by atomic mass is 10.1. The molecule has 2 N–H and O–H groups in total. The van der Waals surface area contributed by atoms with Gasteiger partial charge in [-0.3, -0.25) is 0 Å². The smallest absolute Gasteiger partial charge is 0.319 e. The molecule has 0 aliphatic rings. The van der Waals surface area contributed by atoms with E-state index in [4.69, 9.17) is 4.74 Å². The number of urea groups is 1. The molecule has 5 heteroatoms. The quantitative estimate of drug-likeness (QED) is 0.749. The molecule has 2 aromatic rings. The van der Waals surface area contributed by atoms with Crippen molar-refractivity contribution in [1.29, 1.82) is 0 Å². The minimum atomic E-state index is -0.187. The van der Waals surface area contributed by atoms with Crippen molar-refractivity contribution >= 4 is 23.5 Å². The monoisotopic (exact) mass is 330 g/mol. The van der Waals surface area contributed by atoms with Gasteiger partial charge in [0.1, 0.15) is 5.75 Å². The summed E-state index contributed by atoms with van der Waals surface area (Å²) in [4.78, 5) is 13.0. The van der Waals surface area contributed by atoms with Crippen molar-refractivity contribution in [1.82, 2.24) is 5.32 Å². The number of thioether (sulfide) groups is 1. The van der Waals surface area contributed by atoms with Crippen LogP contribution in [0.4, 0.5) is 10.5 Å². The molecule has 0 aliphatic heterocycles. The lowest BCUT2D eigenvalue weighted by Gasteiger charge is -2.09. The maximum atomic E-state index is 11.8. The molecule has 0 aromatic heterocycles. The van der Waals surface area contributed by atoms with Crippen molar-refractivity contribution in [3.8, 4) is 5.75 Å². The van der Waals surface area contributed by atoms with Gasteiger partial charge in [0.15, 0.2) is 0 Å². The van der Waals surface area contributed by atoms with E-state index < -0.39 is 0 Å². The van der Waals surface area contributed by atoms with Crippen LogP contribution >= 0.6 is 11.8 Å². The maximum absolute atomic E-state index is 11.8. The van der Waals surface area contributed by atoms with E-state index in [1.54, 1.807) is 11.8 Å². The van der Waals surface area contributed by atoms with Crippen LogP contribution in [0.2, 0.25) is 0 Å². The second-order valence-corrected chi connectivity index (χ2v) is 5.82. The van der Waals surface area contributed by atoms with Crippen LogP contribution in [0.5, 0.6) is 5.75 Å². The highest BCUT2D eigenvalue weighted by Gasteiger charge is 2.02. The molecule has 0 heterocycles. The normalized spacial score (nSPS) is 10.2. The topological polar surface area (TPSA) is 50.4 Å². The third-order valence-electron chi connectivity index (χ3n) is 3.28. The zero-order chi connectivity index (χ0) is 16.5. The van der Waals surface area contributed by atoms with Crippen molar-refractivity contribution in [3.05, 3.63) is 54.1 Å². The number of rotatable bonds is 7. The Labute approximate surface area is 141 Å². The third kappa shape index (κ3) is 5.87. The number of anilines is 1. The molecule has 0 fully saturated rings. The molecule has 2 amide bonds. The van der Waals surface area contributed by atoms with Crippen LogP contribution in [0.25, 0.3) is 0 Å². The molecule has 4 nitrogen and oxygen atoms in total. The molecule has 0 bridgehead atoms. The van der Waals surface area contributed by atoms with E-state index in [0.29, 0.717) is 13.2 Å². The summed E-state index contributed by atoms with van der Waals surface area (Å²) in [6.07, 6.45) is 2.81. The van der Waals surface area contributed by atoms with E-state index in [1.807, 2.05) is 61.7 Å². The van der Waals surface area contributed by atoms with Gasteiger partial charge in [-0.1, -0.05) is 12.1 Å². The fourth-order valence-electron chi connectivity index (χ4n) is 2.09. The van der Waals surface area contributed by atoms with E-state index in [1.165, 1.54) is 4.90 Å². The van der Waals surface area contributed by atoms with E-state index >= 15 is 0 Å². The summed E-state index contributed by atoms with van der Waals surface area (Å²) in [5.74, 6) is 0.871. The van der Waals surface area contributed by atoms with Crippen LogP contribution in [-0.4, -0.2) is 25.4 Å². The summed E-state index contributed by atoms with van der Waals surface area (Å²) in [7, 11) is 0. The maximum Gasteiger partial charge on any atom is 0.319 e. The van der Waals surface area contributed by atoms with Gasteiger partial charge < -0.3 is 15.4 Å². The molecule has 2 rings (SSSR count). The Hall–Kier alpha value is -2.14. The Morgan fingerprint density at radius 2 is 1.78 bits per heavy atom. The molecule has 0 saturated carbocycles. The molecule has 0 atom stereocenters. The number of benzene rings is 2. The first kappa shape index (κ1) is 17.2. The molecule has 0 unspecified atom stereocenters. The fourth-order valence-corrected chi connectivity index (χ4v) is 2.50. The molecular formula is C18H22N2O2S. The average Bonchev–Trinajstić information content (AvgIpc) is 2.57. The van der Waals surface area contributed by atoms with E-state index in [9.17, 15) is 4.79 Å². The predicted octanol–water partition coefficient (Wildman–Crippen LogP) is 4.17. The van der Waals surface area contributed by atoms with Gasteiger partial charge in [-0.2, -0.15) is 0 Å². The number of amides is 2. The first-order valence-electron chi connectivity index (χ1n) is 7.62. The molecule has 0 aliphatic carbocycles. The van der Waals surface area contributed by atoms with Crippen molar-refractivity contribution in [2.75, 3.05) is 24.7 Å².